The van der Waals surface area contributed by atoms with E-state index in [1.54, 1.807) is 21.6 Å². The maximum atomic E-state index is 13.5. The average molecular weight is 486 g/mol. The number of fused-ring (bicyclic) bond motifs is 1. The van der Waals surface area contributed by atoms with E-state index < -0.39 is 6.04 Å². The van der Waals surface area contributed by atoms with Crippen LogP contribution >= 0.6 is 23.1 Å². The third-order valence-corrected chi connectivity index (χ3v) is 9.44. The van der Waals surface area contributed by atoms with E-state index in [1.807, 2.05) is 44.2 Å². The molecule has 3 saturated heterocycles. The first-order valence-electron chi connectivity index (χ1n) is 11.2. The van der Waals surface area contributed by atoms with Gasteiger partial charge in [-0.25, -0.2) is 0 Å². The SMILES string of the molecule is Cc1c(-c2ccccc2)sc(NC(=O)[C@H]2CS[C@@]3(C)CCC(=O)N23)c1C(=O)N1CCOCC1. The molecule has 4 heterocycles. The number of thioether (sulfide) groups is 1. The Kier molecular flexibility index (Phi) is 5.96. The highest BCUT2D eigenvalue weighted by Gasteiger charge is 2.53. The van der Waals surface area contributed by atoms with Crippen molar-refractivity contribution in [2.24, 2.45) is 0 Å². The number of thiophene rings is 1. The van der Waals surface area contributed by atoms with Crippen molar-refractivity contribution in [2.75, 3.05) is 37.4 Å². The maximum Gasteiger partial charge on any atom is 0.257 e. The molecule has 0 bridgehead atoms. The Morgan fingerprint density at radius 2 is 1.91 bits per heavy atom. The molecule has 0 aliphatic carbocycles. The topological polar surface area (TPSA) is 79.0 Å². The third kappa shape index (κ3) is 3.96. The molecule has 3 aliphatic rings. The van der Waals surface area contributed by atoms with Gasteiger partial charge in [0, 0.05) is 30.1 Å². The van der Waals surface area contributed by atoms with Crippen molar-refractivity contribution in [2.45, 2.75) is 37.6 Å². The molecule has 5 rings (SSSR count). The summed E-state index contributed by atoms with van der Waals surface area (Å²) in [5, 5.41) is 3.60. The maximum absolute atomic E-state index is 13.5. The number of carbonyl (C=O) groups excluding carboxylic acids is 3. The van der Waals surface area contributed by atoms with Gasteiger partial charge in [0.25, 0.3) is 5.91 Å². The van der Waals surface area contributed by atoms with Crippen LogP contribution in [0.5, 0.6) is 0 Å². The number of hydrogen-bond acceptors (Lipinski definition) is 6. The molecule has 9 heteroatoms. The Bertz CT molecular complexity index is 1100. The van der Waals surface area contributed by atoms with Gasteiger partial charge >= 0.3 is 0 Å². The number of carbonyl (C=O) groups is 3. The molecule has 2 aromatic rings. The number of hydrogen-bond donors (Lipinski definition) is 1. The van der Waals surface area contributed by atoms with Gasteiger partial charge in [-0.05, 0) is 31.4 Å². The van der Waals surface area contributed by atoms with E-state index in [9.17, 15) is 14.4 Å². The summed E-state index contributed by atoms with van der Waals surface area (Å²) in [7, 11) is 0. The van der Waals surface area contributed by atoms with Crippen molar-refractivity contribution in [3.05, 3.63) is 41.5 Å². The monoisotopic (exact) mass is 485 g/mol. The van der Waals surface area contributed by atoms with Gasteiger partial charge in [-0.3, -0.25) is 14.4 Å². The van der Waals surface area contributed by atoms with Gasteiger partial charge in [-0.1, -0.05) is 30.3 Å². The van der Waals surface area contributed by atoms with E-state index in [4.69, 9.17) is 4.74 Å². The molecule has 3 fully saturated rings. The molecule has 0 spiro atoms. The molecule has 33 heavy (non-hydrogen) atoms. The smallest absolute Gasteiger partial charge is 0.257 e. The highest BCUT2D eigenvalue weighted by atomic mass is 32.2. The van der Waals surface area contributed by atoms with Crippen LogP contribution in [0.25, 0.3) is 10.4 Å². The fourth-order valence-corrected chi connectivity index (χ4v) is 7.50. The second-order valence-corrected chi connectivity index (χ2v) is 11.3. The molecule has 0 radical (unpaired) electrons. The van der Waals surface area contributed by atoms with Gasteiger partial charge in [0.1, 0.15) is 11.0 Å². The van der Waals surface area contributed by atoms with Gasteiger partial charge in [0.15, 0.2) is 0 Å². The molecule has 2 atom stereocenters. The van der Waals surface area contributed by atoms with E-state index in [1.165, 1.54) is 11.3 Å². The van der Waals surface area contributed by atoms with Crippen LogP contribution in [0.15, 0.2) is 30.3 Å². The summed E-state index contributed by atoms with van der Waals surface area (Å²) >= 11 is 3.09. The van der Waals surface area contributed by atoms with E-state index in [-0.39, 0.29) is 22.6 Å². The number of anilines is 1. The Labute approximate surface area is 201 Å². The molecule has 174 valence electrons. The van der Waals surface area contributed by atoms with Gasteiger partial charge in [-0.2, -0.15) is 0 Å². The van der Waals surface area contributed by atoms with E-state index >= 15 is 0 Å². The highest BCUT2D eigenvalue weighted by molar-refractivity contribution is 8.01. The molecular formula is C24H27N3O4S2. The first-order valence-corrected chi connectivity index (χ1v) is 13.0. The van der Waals surface area contributed by atoms with Crippen molar-refractivity contribution in [3.63, 3.8) is 0 Å². The number of nitrogens with zero attached hydrogens (tertiary/aromatic N) is 2. The van der Waals surface area contributed by atoms with Crippen LogP contribution in [0, 0.1) is 6.92 Å². The van der Waals surface area contributed by atoms with Crippen LogP contribution < -0.4 is 5.32 Å². The van der Waals surface area contributed by atoms with Crippen LogP contribution in [0.1, 0.15) is 35.7 Å². The van der Waals surface area contributed by atoms with Gasteiger partial charge in [-0.15, -0.1) is 23.1 Å². The van der Waals surface area contributed by atoms with Crippen molar-refractivity contribution in [1.29, 1.82) is 0 Å². The molecule has 0 unspecified atom stereocenters. The number of rotatable bonds is 4. The zero-order chi connectivity index (χ0) is 23.2. The molecule has 1 aromatic heterocycles. The Hall–Kier alpha value is -2.36. The molecule has 0 saturated carbocycles. The summed E-state index contributed by atoms with van der Waals surface area (Å²) in [6.45, 7) is 6.05. The summed E-state index contributed by atoms with van der Waals surface area (Å²) in [5.41, 5.74) is 2.41. The van der Waals surface area contributed by atoms with E-state index in [0.29, 0.717) is 49.0 Å². The number of benzene rings is 1. The summed E-state index contributed by atoms with van der Waals surface area (Å²) < 4.78 is 5.41. The fourth-order valence-electron chi connectivity index (χ4n) is 4.86. The quantitative estimate of drug-likeness (QED) is 0.716. The first kappa shape index (κ1) is 22.4. The Morgan fingerprint density at radius 3 is 2.64 bits per heavy atom. The number of ether oxygens (including phenoxy) is 1. The zero-order valence-corrected chi connectivity index (χ0v) is 20.4. The summed E-state index contributed by atoms with van der Waals surface area (Å²) in [5.74, 6) is 0.280. The minimum atomic E-state index is -0.524. The molecule has 1 aromatic carbocycles. The first-order chi connectivity index (χ1) is 15.9. The van der Waals surface area contributed by atoms with Gasteiger partial charge in [0.2, 0.25) is 11.8 Å². The van der Waals surface area contributed by atoms with Crippen LogP contribution in [0.3, 0.4) is 0 Å². The molecule has 1 N–H and O–H groups in total. The molecule has 3 aliphatic heterocycles. The van der Waals surface area contributed by atoms with E-state index in [2.05, 4.69) is 5.32 Å². The Morgan fingerprint density at radius 1 is 1.18 bits per heavy atom. The standard InChI is InChI=1S/C24H27N3O4S2/c1-15-19(23(30)26-10-12-31-13-11-26)22(33-20(15)16-6-4-3-5-7-16)25-21(29)17-14-32-24(2)9-8-18(28)27(17)24/h3-7,17H,8-14H2,1-2H3,(H,25,29)/t17-,24+/m1/s1. The van der Waals surface area contributed by atoms with Crippen molar-refractivity contribution >= 4 is 45.8 Å². The van der Waals surface area contributed by atoms with Crippen LogP contribution in [-0.4, -0.2) is 70.5 Å². The van der Waals surface area contributed by atoms with Crippen LogP contribution in [-0.2, 0) is 14.3 Å². The summed E-state index contributed by atoms with van der Waals surface area (Å²) in [4.78, 5) is 43.6. The van der Waals surface area contributed by atoms with Crippen molar-refractivity contribution in [1.82, 2.24) is 9.80 Å². The molecular weight excluding hydrogens is 458 g/mol. The number of nitrogens with one attached hydrogen (secondary N) is 1. The molecule has 3 amide bonds. The predicted octanol–water partition coefficient (Wildman–Crippen LogP) is 3.59. The lowest BCUT2D eigenvalue weighted by molar-refractivity contribution is -0.135. The average Bonchev–Trinajstić information content (AvgIpc) is 3.45. The predicted molar refractivity (Wildman–Crippen MR) is 131 cm³/mol. The zero-order valence-electron chi connectivity index (χ0n) is 18.8. The number of morpholine rings is 1. The highest BCUT2D eigenvalue weighted by Crippen LogP contribution is 2.48. The second kappa shape index (κ2) is 8.77. The normalized spacial score (nSPS) is 24.8. The minimum Gasteiger partial charge on any atom is -0.378 e. The lowest BCUT2D eigenvalue weighted by atomic mass is 10.1. The van der Waals surface area contributed by atoms with Crippen LogP contribution in [0.4, 0.5) is 5.00 Å². The Balaban J connectivity index is 1.49. The fraction of sp³-hybridized carbons (Fsp3) is 0.458. The van der Waals surface area contributed by atoms with Crippen molar-refractivity contribution < 1.29 is 19.1 Å². The van der Waals surface area contributed by atoms with Crippen LogP contribution in [0.2, 0.25) is 0 Å². The van der Waals surface area contributed by atoms with Gasteiger partial charge < -0.3 is 19.9 Å². The summed E-state index contributed by atoms with van der Waals surface area (Å²) in [6.07, 6.45) is 1.24. The lowest BCUT2D eigenvalue weighted by Crippen LogP contribution is -2.48. The number of amides is 3. The van der Waals surface area contributed by atoms with Crippen molar-refractivity contribution in [3.8, 4) is 10.4 Å². The largest absolute Gasteiger partial charge is 0.378 e. The lowest BCUT2D eigenvalue weighted by Gasteiger charge is -2.30. The summed E-state index contributed by atoms with van der Waals surface area (Å²) in [6, 6.07) is 9.38. The molecule has 7 nitrogen and oxygen atoms in total. The third-order valence-electron chi connectivity index (χ3n) is 6.68. The van der Waals surface area contributed by atoms with E-state index in [0.717, 1.165) is 22.4 Å². The van der Waals surface area contributed by atoms with Gasteiger partial charge in [0.05, 0.1) is 23.6 Å². The minimum absolute atomic E-state index is 0.0274. The second-order valence-electron chi connectivity index (χ2n) is 8.79.